The summed E-state index contributed by atoms with van der Waals surface area (Å²) in [5.41, 5.74) is 1.61. The van der Waals surface area contributed by atoms with E-state index in [9.17, 15) is 17.6 Å². The van der Waals surface area contributed by atoms with Crippen molar-refractivity contribution in [2.45, 2.75) is 11.5 Å². The number of carbonyl (C=O) groups excluding carboxylic acids is 1. The average molecular weight is 401 g/mol. The summed E-state index contributed by atoms with van der Waals surface area (Å²) in [7, 11) is -3.27. The lowest BCUT2D eigenvalue weighted by Gasteiger charge is -2.11. The number of aromatic nitrogens is 2. The van der Waals surface area contributed by atoms with Gasteiger partial charge in [0.05, 0.1) is 22.9 Å². The molecule has 1 aliphatic rings. The Hall–Kier alpha value is -3.20. The number of hydrogen-bond acceptors (Lipinski definition) is 5. The van der Waals surface area contributed by atoms with E-state index in [2.05, 4.69) is 10.4 Å². The van der Waals surface area contributed by atoms with Gasteiger partial charge in [-0.25, -0.2) is 17.5 Å². The molecule has 28 heavy (non-hydrogen) atoms. The fourth-order valence-corrected chi connectivity index (χ4v) is 4.47. The zero-order chi connectivity index (χ0) is 19.7. The minimum absolute atomic E-state index is 0.156. The molecule has 2 aromatic carbocycles. The Kier molecular flexibility index (Phi) is 4.60. The van der Waals surface area contributed by atoms with Gasteiger partial charge in [0, 0.05) is 5.56 Å². The minimum Gasteiger partial charge on any atom is -0.484 e. The maximum absolute atomic E-state index is 12.9. The Morgan fingerprint density at radius 2 is 1.82 bits per heavy atom. The summed E-state index contributed by atoms with van der Waals surface area (Å²) in [5, 5.41) is 7.08. The molecular formula is C19H16FN3O4S. The lowest BCUT2D eigenvalue weighted by atomic mass is 10.2. The van der Waals surface area contributed by atoms with E-state index in [0.29, 0.717) is 28.5 Å². The molecule has 0 unspecified atom stereocenters. The van der Waals surface area contributed by atoms with Gasteiger partial charge in [0.25, 0.3) is 5.91 Å². The molecule has 9 heteroatoms. The number of ether oxygens (including phenoxy) is 1. The van der Waals surface area contributed by atoms with E-state index >= 15 is 0 Å². The van der Waals surface area contributed by atoms with Crippen LogP contribution in [-0.4, -0.2) is 30.7 Å². The highest BCUT2D eigenvalue weighted by atomic mass is 32.2. The summed E-state index contributed by atoms with van der Waals surface area (Å²) in [6, 6.07) is 14.4. The highest BCUT2D eigenvalue weighted by molar-refractivity contribution is 7.90. The number of nitrogens with one attached hydrogen (secondary N) is 1. The normalized spacial score (nSPS) is 14.5. The standard InChI is InChI=1S/C19H16FN3O4S/c20-13-6-8-15(9-7-13)27-10-18(24)21-19-16-11-28(25,26)12-17(16)22-23(19)14-4-2-1-3-5-14/h1-9H,10-12H2,(H,21,24). The topological polar surface area (TPSA) is 90.3 Å². The Labute approximate surface area is 160 Å². The summed E-state index contributed by atoms with van der Waals surface area (Å²) in [5.74, 6) is -0.550. The maximum Gasteiger partial charge on any atom is 0.263 e. The molecule has 0 bridgehead atoms. The number of para-hydroxylation sites is 1. The summed E-state index contributed by atoms with van der Waals surface area (Å²) >= 11 is 0. The van der Waals surface area contributed by atoms with Gasteiger partial charge in [-0.1, -0.05) is 18.2 Å². The zero-order valence-corrected chi connectivity index (χ0v) is 15.4. The fraction of sp³-hybridized carbons (Fsp3) is 0.158. The van der Waals surface area contributed by atoms with E-state index in [-0.39, 0.29) is 18.1 Å². The third-order valence-corrected chi connectivity index (χ3v) is 5.67. The predicted molar refractivity (Wildman–Crippen MR) is 100 cm³/mol. The van der Waals surface area contributed by atoms with Gasteiger partial charge in [0.2, 0.25) is 0 Å². The Balaban J connectivity index is 1.57. The first-order chi connectivity index (χ1) is 13.4. The number of benzene rings is 2. The van der Waals surface area contributed by atoms with Crippen LogP contribution in [0.2, 0.25) is 0 Å². The van der Waals surface area contributed by atoms with Crippen molar-refractivity contribution in [3.63, 3.8) is 0 Å². The van der Waals surface area contributed by atoms with Crippen LogP contribution in [0.4, 0.5) is 10.2 Å². The SMILES string of the molecule is O=C(COc1ccc(F)cc1)Nc1c2c(nn1-c1ccccc1)CS(=O)(=O)C2. The van der Waals surface area contributed by atoms with Gasteiger partial charge in [-0.15, -0.1) is 0 Å². The molecule has 0 spiro atoms. The Morgan fingerprint density at radius 3 is 2.54 bits per heavy atom. The lowest BCUT2D eigenvalue weighted by molar-refractivity contribution is -0.118. The molecule has 3 aromatic rings. The van der Waals surface area contributed by atoms with Gasteiger partial charge < -0.3 is 10.1 Å². The monoisotopic (exact) mass is 401 g/mol. The second-order valence-corrected chi connectivity index (χ2v) is 8.41. The molecule has 144 valence electrons. The number of fused-ring (bicyclic) bond motifs is 1. The molecule has 1 amide bonds. The molecule has 0 saturated heterocycles. The van der Waals surface area contributed by atoms with Crippen molar-refractivity contribution in [1.82, 2.24) is 9.78 Å². The van der Waals surface area contributed by atoms with Crippen LogP contribution in [-0.2, 0) is 26.1 Å². The van der Waals surface area contributed by atoms with Crippen LogP contribution < -0.4 is 10.1 Å². The molecule has 2 heterocycles. The van der Waals surface area contributed by atoms with Crippen molar-refractivity contribution < 1.29 is 22.3 Å². The summed E-state index contributed by atoms with van der Waals surface area (Å²) in [4.78, 5) is 12.4. The fourth-order valence-electron chi connectivity index (χ4n) is 2.97. The summed E-state index contributed by atoms with van der Waals surface area (Å²) in [6.07, 6.45) is 0. The smallest absolute Gasteiger partial charge is 0.263 e. The van der Waals surface area contributed by atoms with Crippen LogP contribution in [0.15, 0.2) is 54.6 Å². The largest absolute Gasteiger partial charge is 0.484 e. The molecule has 1 N–H and O–H groups in total. The van der Waals surface area contributed by atoms with Crippen molar-refractivity contribution in [2.24, 2.45) is 0 Å². The highest BCUT2D eigenvalue weighted by Crippen LogP contribution is 2.32. The van der Waals surface area contributed by atoms with Crippen LogP contribution in [0.25, 0.3) is 5.69 Å². The Bertz CT molecular complexity index is 1130. The molecule has 0 atom stereocenters. The predicted octanol–water partition coefficient (Wildman–Crippen LogP) is 2.46. The first kappa shape index (κ1) is 18.2. The second kappa shape index (κ2) is 7.08. The van der Waals surface area contributed by atoms with Crippen LogP contribution >= 0.6 is 0 Å². The van der Waals surface area contributed by atoms with E-state index in [1.807, 2.05) is 18.2 Å². The molecule has 1 aliphatic heterocycles. The van der Waals surface area contributed by atoms with Gasteiger partial charge in [-0.3, -0.25) is 4.79 Å². The molecule has 0 aliphatic carbocycles. The number of carbonyl (C=O) groups is 1. The van der Waals surface area contributed by atoms with Crippen LogP contribution in [0.3, 0.4) is 0 Å². The Morgan fingerprint density at radius 1 is 1.11 bits per heavy atom. The minimum atomic E-state index is -3.27. The molecule has 0 saturated carbocycles. The first-order valence-electron chi connectivity index (χ1n) is 8.46. The molecule has 0 radical (unpaired) electrons. The van der Waals surface area contributed by atoms with Crippen molar-refractivity contribution in [3.05, 3.63) is 71.7 Å². The molecule has 1 aromatic heterocycles. The molecular weight excluding hydrogens is 385 g/mol. The molecule has 7 nitrogen and oxygen atoms in total. The van der Waals surface area contributed by atoms with E-state index in [1.165, 1.54) is 28.9 Å². The first-order valence-corrected chi connectivity index (χ1v) is 10.3. The number of nitrogens with zero attached hydrogens (tertiary/aromatic N) is 2. The lowest BCUT2D eigenvalue weighted by Crippen LogP contribution is -2.22. The van der Waals surface area contributed by atoms with E-state index in [1.54, 1.807) is 12.1 Å². The van der Waals surface area contributed by atoms with Gasteiger partial charge in [-0.05, 0) is 36.4 Å². The average Bonchev–Trinajstić information content (AvgIpc) is 3.14. The number of hydrogen-bond donors (Lipinski definition) is 1. The van der Waals surface area contributed by atoms with E-state index < -0.39 is 21.6 Å². The maximum atomic E-state index is 12.9. The van der Waals surface area contributed by atoms with Gasteiger partial charge in [-0.2, -0.15) is 5.10 Å². The number of rotatable bonds is 5. The van der Waals surface area contributed by atoms with Gasteiger partial charge >= 0.3 is 0 Å². The van der Waals surface area contributed by atoms with Crippen LogP contribution in [0, 0.1) is 5.82 Å². The van der Waals surface area contributed by atoms with Crippen molar-refractivity contribution >= 4 is 21.6 Å². The highest BCUT2D eigenvalue weighted by Gasteiger charge is 2.33. The van der Waals surface area contributed by atoms with Gasteiger partial charge in [0.15, 0.2) is 16.4 Å². The van der Waals surface area contributed by atoms with Crippen molar-refractivity contribution in [3.8, 4) is 11.4 Å². The van der Waals surface area contributed by atoms with E-state index in [4.69, 9.17) is 4.74 Å². The number of amides is 1. The van der Waals surface area contributed by atoms with Crippen molar-refractivity contribution in [1.29, 1.82) is 0 Å². The quantitative estimate of drug-likeness (QED) is 0.709. The van der Waals surface area contributed by atoms with Gasteiger partial charge in [0.1, 0.15) is 17.4 Å². The number of halogens is 1. The summed E-state index contributed by atoms with van der Waals surface area (Å²) in [6.45, 7) is -0.312. The van der Waals surface area contributed by atoms with Crippen LogP contribution in [0.5, 0.6) is 5.75 Å². The third-order valence-electron chi connectivity index (χ3n) is 4.23. The molecule has 4 rings (SSSR count). The number of anilines is 1. The zero-order valence-electron chi connectivity index (χ0n) is 14.6. The van der Waals surface area contributed by atoms with Crippen molar-refractivity contribution in [2.75, 3.05) is 11.9 Å². The number of sulfone groups is 1. The molecule has 0 fully saturated rings. The third kappa shape index (κ3) is 3.74. The van der Waals surface area contributed by atoms with E-state index in [0.717, 1.165) is 0 Å². The van der Waals surface area contributed by atoms with Crippen LogP contribution in [0.1, 0.15) is 11.3 Å². The summed E-state index contributed by atoms with van der Waals surface area (Å²) < 4.78 is 43.7. The second-order valence-electron chi connectivity index (χ2n) is 6.34.